The van der Waals surface area contributed by atoms with E-state index in [1.807, 2.05) is 24.4 Å². The topological polar surface area (TPSA) is 69.5 Å². The van der Waals surface area contributed by atoms with Crippen LogP contribution in [0, 0.1) is 18.3 Å². The average Bonchev–Trinajstić information content (AvgIpc) is 3.07. The first-order valence-corrected chi connectivity index (χ1v) is 7.94. The Balaban J connectivity index is 1.87. The molecule has 2 aromatic heterocycles. The predicted molar refractivity (Wildman–Crippen MR) is 87.2 cm³/mol. The summed E-state index contributed by atoms with van der Waals surface area (Å²) in [4.78, 5) is 19.8. The number of hydrogen-bond acceptors (Lipinski definition) is 4. The number of nitrogens with one attached hydrogen (secondary N) is 1. The molecule has 0 aliphatic rings. The van der Waals surface area contributed by atoms with Crippen LogP contribution in [0.2, 0.25) is 5.02 Å². The van der Waals surface area contributed by atoms with Crippen molar-refractivity contribution in [1.82, 2.24) is 9.97 Å². The maximum Gasteiger partial charge on any atom is 0.161 e. The number of hydrogen-bond donors (Lipinski definition) is 1. The summed E-state index contributed by atoms with van der Waals surface area (Å²) < 4.78 is 0. The van der Waals surface area contributed by atoms with E-state index in [-0.39, 0.29) is 12.2 Å². The lowest BCUT2D eigenvalue weighted by atomic mass is 9.99. The van der Waals surface area contributed by atoms with Gasteiger partial charge in [0.25, 0.3) is 0 Å². The highest BCUT2D eigenvalue weighted by Gasteiger charge is 2.24. The Morgan fingerprint density at radius 3 is 3.05 bits per heavy atom. The zero-order chi connectivity index (χ0) is 15.7. The molecule has 2 heterocycles. The number of nitriles is 1. The van der Waals surface area contributed by atoms with E-state index in [2.05, 4.69) is 16.0 Å². The number of carbonyl (C=O) groups is 1. The molecule has 0 amide bonds. The molecule has 0 radical (unpaired) electrons. The van der Waals surface area contributed by atoms with Crippen molar-refractivity contribution in [2.75, 3.05) is 0 Å². The van der Waals surface area contributed by atoms with E-state index in [9.17, 15) is 10.1 Å². The summed E-state index contributed by atoms with van der Waals surface area (Å²) in [5.41, 5.74) is 2.58. The zero-order valence-electron chi connectivity index (χ0n) is 11.8. The molecule has 0 spiro atoms. The molecule has 0 fully saturated rings. The van der Waals surface area contributed by atoms with E-state index < -0.39 is 5.92 Å². The largest absolute Gasteiger partial charge is 0.361 e. The summed E-state index contributed by atoms with van der Waals surface area (Å²) in [6.45, 7) is 1.85. The van der Waals surface area contributed by atoms with Gasteiger partial charge >= 0.3 is 0 Å². The van der Waals surface area contributed by atoms with Gasteiger partial charge in [-0.05, 0) is 24.6 Å². The molecule has 4 nitrogen and oxygen atoms in total. The highest BCUT2D eigenvalue weighted by Crippen LogP contribution is 2.26. The van der Waals surface area contributed by atoms with E-state index in [1.54, 1.807) is 12.3 Å². The van der Waals surface area contributed by atoms with Crippen LogP contribution in [0.5, 0.6) is 0 Å². The molecule has 3 aromatic rings. The van der Waals surface area contributed by atoms with Gasteiger partial charge in [-0.1, -0.05) is 17.7 Å². The highest BCUT2D eigenvalue weighted by molar-refractivity contribution is 7.09. The molecule has 0 aliphatic carbocycles. The van der Waals surface area contributed by atoms with Gasteiger partial charge < -0.3 is 4.98 Å². The van der Waals surface area contributed by atoms with Crippen LogP contribution >= 0.6 is 22.9 Å². The van der Waals surface area contributed by atoms with Crippen molar-refractivity contribution >= 4 is 39.6 Å². The molecular formula is C16H12ClN3OS. The summed E-state index contributed by atoms with van der Waals surface area (Å²) in [5.74, 6) is -0.955. The molecule has 0 saturated carbocycles. The number of carbonyl (C=O) groups excluding carboxylic acids is 1. The zero-order valence-corrected chi connectivity index (χ0v) is 13.3. The number of fused-ring (bicyclic) bond motifs is 1. The number of H-pyrrole nitrogens is 1. The van der Waals surface area contributed by atoms with E-state index >= 15 is 0 Å². The molecule has 0 bridgehead atoms. The fraction of sp³-hybridized carbons (Fsp3) is 0.188. The van der Waals surface area contributed by atoms with Crippen LogP contribution in [0.15, 0.2) is 29.8 Å². The van der Waals surface area contributed by atoms with E-state index in [0.29, 0.717) is 10.0 Å². The molecule has 0 unspecified atom stereocenters. The van der Waals surface area contributed by atoms with Crippen LogP contribution in [0.1, 0.15) is 22.2 Å². The minimum atomic E-state index is -0.809. The summed E-state index contributed by atoms with van der Waals surface area (Å²) in [6.07, 6.45) is 1.99. The number of aryl methyl sites for hydroxylation is 1. The highest BCUT2D eigenvalue weighted by atomic mass is 35.5. The second-order valence-electron chi connectivity index (χ2n) is 5.04. The first kappa shape index (κ1) is 14.8. The molecule has 1 atom stereocenters. The number of Topliss-reactive ketones (excluding diaryl/α,β-unsaturated/α-hetero) is 1. The quantitative estimate of drug-likeness (QED) is 0.786. The molecule has 0 saturated heterocycles. The Hall–Kier alpha value is -2.16. The molecule has 3 rings (SSSR count). The van der Waals surface area contributed by atoms with Crippen molar-refractivity contribution < 1.29 is 4.79 Å². The van der Waals surface area contributed by atoms with Crippen LogP contribution in [0.3, 0.4) is 0 Å². The summed E-state index contributed by atoms with van der Waals surface area (Å²) in [6, 6.07) is 7.55. The maximum atomic E-state index is 12.5. The van der Waals surface area contributed by atoms with Crippen molar-refractivity contribution in [2.45, 2.75) is 19.3 Å². The normalized spacial score (nSPS) is 12.2. The predicted octanol–water partition coefficient (Wildman–Crippen LogP) is 4.01. The van der Waals surface area contributed by atoms with Gasteiger partial charge in [0.05, 0.1) is 6.07 Å². The Morgan fingerprint density at radius 1 is 1.55 bits per heavy atom. The van der Waals surface area contributed by atoms with Crippen molar-refractivity contribution in [2.24, 2.45) is 0 Å². The molecule has 1 aromatic carbocycles. The van der Waals surface area contributed by atoms with Gasteiger partial charge in [-0.3, -0.25) is 4.79 Å². The van der Waals surface area contributed by atoms with Crippen LogP contribution in [-0.2, 0) is 11.2 Å². The molecule has 6 heteroatoms. The number of halogens is 1. The Morgan fingerprint density at radius 2 is 2.36 bits per heavy atom. The Bertz CT molecular complexity index is 890. The first-order chi connectivity index (χ1) is 10.6. The minimum absolute atomic E-state index is 0.146. The Kier molecular flexibility index (Phi) is 3.97. The number of ketones is 1. The lowest BCUT2D eigenvalue weighted by Crippen LogP contribution is -2.13. The van der Waals surface area contributed by atoms with Crippen LogP contribution in [-0.4, -0.2) is 15.8 Å². The standard InChI is InChI=1S/C16H12ClN3OS/c1-9-8-22-16(20-9)13(6-18)15(21)4-10-7-19-14-5-11(17)2-3-12(10)14/h2-3,5,7-8,13,19H,4H2,1H3/t13-/m0/s1. The third-order valence-electron chi connectivity index (χ3n) is 3.43. The van der Waals surface area contributed by atoms with Crippen LogP contribution in [0.25, 0.3) is 10.9 Å². The first-order valence-electron chi connectivity index (χ1n) is 6.68. The van der Waals surface area contributed by atoms with Crippen LogP contribution in [0.4, 0.5) is 0 Å². The second kappa shape index (κ2) is 5.91. The second-order valence-corrected chi connectivity index (χ2v) is 6.36. The van der Waals surface area contributed by atoms with Crippen molar-refractivity contribution in [3.8, 4) is 6.07 Å². The van der Waals surface area contributed by atoms with Gasteiger partial charge in [-0.15, -0.1) is 11.3 Å². The number of nitrogens with zero attached hydrogens (tertiary/aromatic N) is 2. The summed E-state index contributed by atoms with van der Waals surface area (Å²) in [7, 11) is 0. The maximum absolute atomic E-state index is 12.5. The Labute approximate surface area is 136 Å². The van der Waals surface area contributed by atoms with Crippen LogP contribution < -0.4 is 0 Å². The van der Waals surface area contributed by atoms with Gasteiger partial charge in [-0.25, -0.2) is 4.98 Å². The molecule has 110 valence electrons. The van der Waals surface area contributed by atoms with E-state index in [4.69, 9.17) is 11.6 Å². The molecule has 22 heavy (non-hydrogen) atoms. The van der Waals surface area contributed by atoms with Crippen molar-refractivity contribution in [1.29, 1.82) is 5.26 Å². The smallest absolute Gasteiger partial charge is 0.161 e. The number of aromatic amines is 1. The number of aromatic nitrogens is 2. The minimum Gasteiger partial charge on any atom is -0.361 e. The van der Waals surface area contributed by atoms with Gasteiger partial charge in [0.15, 0.2) is 11.7 Å². The van der Waals surface area contributed by atoms with Gasteiger partial charge in [0.1, 0.15) is 5.01 Å². The third kappa shape index (κ3) is 2.76. The number of rotatable bonds is 4. The molecule has 1 N–H and O–H groups in total. The fourth-order valence-corrected chi connectivity index (χ4v) is 3.40. The average molecular weight is 330 g/mol. The molecule has 0 aliphatic heterocycles. The summed E-state index contributed by atoms with van der Waals surface area (Å²) in [5, 5.41) is 13.3. The number of benzene rings is 1. The molecular weight excluding hydrogens is 318 g/mol. The lowest BCUT2D eigenvalue weighted by molar-refractivity contribution is -0.118. The fourth-order valence-electron chi connectivity index (χ4n) is 2.36. The van der Waals surface area contributed by atoms with Gasteiger partial charge in [-0.2, -0.15) is 5.26 Å². The number of thiazole rings is 1. The van der Waals surface area contributed by atoms with Gasteiger partial charge in [0.2, 0.25) is 0 Å². The van der Waals surface area contributed by atoms with Crippen molar-refractivity contribution in [3.63, 3.8) is 0 Å². The lowest BCUT2D eigenvalue weighted by Gasteiger charge is -2.04. The van der Waals surface area contributed by atoms with E-state index in [1.165, 1.54) is 11.3 Å². The van der Waals surface area contributed by atoms with Gasteiger partial charge in [0, 0.05) is 39.6 Å². The third-order valence-corrected chi connectivity index (χ3v) is 4.69. The summed E-state index contributed by atoms with van der Waals surface area (Å²) >= 11 is 7.30. The monoisotopic (exact) mass is 329 g/mol. The van der Waals surface area contributed by atoms with Crippen molar-refractivity contribution in [3.05, 3.63) is 51.1 Å². The van der Waals surface area contributed by atoms with E-state index in [0.717, 1.165) is 22.2 Å². The SMILES string of the molecule is Cc1csc([C@@H](C#N)C(=O)Cc2c[nH]c3cc(Cl)ccc23)n1.